The number of rotatable bonds is 24. The molecule has 18 rings (SSSR count). The molecule has 8 aliphatic rings. The van der Waals surface area contributed by atoms with Gasteiger partial charge in [-0.3, -0.25) is 39.6 Å². The number of amides is 2. The summed E-state index contributed by atoms with van der Waals surface area (Å²) in [6, 6.07) is 38.3. The highest BCUT2D eigenvalue weighted by atomic mass is 35.5. The van der Waals surface area contributed by atoms with Gasteiger partial charge in [0.25, 0.3) is 43.2 Å². The predicted molar refractivity (Wildman–Crippen MR) is 503 cm³/mol. The fourth-order valence-electron chi connectivity index (χ4n) is 19.8. The lowest BCUT2D eigenvalue weighted by Crippen LogP contribution is -2.47. The number of benzene rings is 6. The van der Waals surface area contributed by atoms with Crippen LogP contribution in [-0.4, -0.2) is 182 Å². The minimum Gasteiger partial charge on any atom is -0.493 e. The van der Waals surface area contributed by atoms with E-state index < -0.39 is 57.1 Å². The Morgan fingerprint density at radius 3 is 1.44 bits per heavy atom. The number of nitro groups is 2. The Hall–Kier alpha value is -11.0. The van der Waals surface area contributed by atoms with Crippen LogP contribution in [0.25, 0.3) is 33.2 Å². The number of aliphatic hydroxyl groups is 1. The molecule has 0 bridgehead atoms. The van der Waals surface area contributed by atoms with Crippen LogP contribution in [0.1, 0.15) is 167 Å². The molecule has 3 aliphatic carbocycles. The molecule has 4 aromatic heterocycles. The van der Waals surface area contributed by atoms with Gasteiger partial charge in [0.1, 0.15) is 45.8 Å². The summed E-state index contributed by atoms with van der Waals surface area (Å²) in [6.45, 7) is 22.7. The van der Waals surface area contributed by atoms with Crippen molar-refractivity contribution in [3.63, 3.8) is 0 Å². The van der Waals surface area contributed by atoms with E-state index in [4.69, 9.17) is 42.1 Å². The van der Waals surface area contributed by atoms with E-state index in [1.165, 1.54) is 77.2 Å². The van der Waals surface area contributed by atoms with Gasteiger partial charge in [0.15, 0.2) is 0 Å². The van der Waals surface area contributed by atoms with Crippen LogP contribution in [0, 0.1) is 48.8 Å². The third-order valence-corrected chi connectivity index (χ3v) is 30.6. The number of aromatic nitrogens is 4. The van der Waals surface area contributed by atoms with E-state index in [0.717, 1.165) is 174 Å². The summed E-state index contributed by atoms with van der Waals surface area (Å²) in [7, 11) is -9.26. The highest BCUT2D eigenvalue weighted by molar-refractivity contribution is 7.90. The first-order valence-corrected chi connectivity index (χ1v) is 48.8. The number of allylic oxidation sites excluding steroid dienone is 2. The second-order valence-corrected chi connectivity index (χ2v) is 42.3. The first kappa shape index (κ1) is 91.0. The van der Waals surface area contributed by atoms with E-state index in [1.54, 1.807) is 60.9 Å². The van der Waals surface area contributed by atoms with Crippen molar-refractivity contribution >= 4 is 111 Å². The predicted octanol–water partition coefficient (Wildman–Crippen LogP) is 18.6. The van der Waals surface area contributed by atoms with Gasteiger partial charge in [-0.2, -0.15) is 0 Å². The number of halogens is 2. The molecule has 3 saturated heterocycles. The Kier molecular flexibility index (Phi) is 26.6. The van der Waals surface area contributed by atoms with E-state index in [1.807, 2.05) is 43.3 Å². The lowest BCUT2D eigenvalue weighted by molar-refractivity contribution is -0.386. The van der Waals surface area contributed by atoms with Crippen molar-refractivity contribution in [2.45, 2.75) is 153 Å². The molecule has 0 unspecified atom stereocenters. The van der Waals surface area contributed by atoms with Gasteiger partial charge in [-0.25, -0.2) is 36.2 Å². The van der Waals surface area contributed by atoms with Crippen molar-refractivity contribution in [2.75, 3.05) is 108 Å². The number of nitro benzene ring substituents is 2. The highest BCUT2D eigenvalue weighted by Gasteiger charge is 2.41. The van der Waals surface area contributed by atoms with Crippen LogP contribution in [0.3, 0.4) is 0 Å². The fourth-order valence-corrected chi connectivity index (χ4v) is 22.0. The number of hydrogen-bond acceptors (Lipinski definition) is 22. The molecule has 0 radical (unpaired) electrons. The molecule has 0 spiro atoms. The van der Waals surface area contributed by atoms with Crippen molar-refractivity contribution in [3.8, 4) is 34.5 Å². The molecular formula is C98H111Cl2N13O15S2. The van der Waals surface area contributed by atoms with Crippen LogP contribution in [-0.2, 0) is 32.9 Å². The maximum atomic E-state index is 14.1. The van der Waals surface area contributed by atoms with Gasteiger partial charge >= 0.3 is 0 Å². The van der Waals surface area contributed by atoms with Crippen molar-refractivity contribution in [2.24, 2.45) is 28.6 Å². The van der Waals surface area contributed by atoms with Gasteiger partial charge in [-0.15, -0.1) is 0 Å². The van der Waals surface area contributed by atoms with Gasteiger partial charge in [0, 0.05) is 152 Å². The molecule has 130 heavy (non-hydrogen) atoms. The van der Waals surface area contributed by atoms with E-state index in [9.17, 15) is 51.8 Å². The van der Waals surface area contributed by atoms with Gasteiger partial charge in [0.05, 0.1) is 73.1 Å². The number of sulfonamides is 2. The number of H-pyrrole nitrogens is 2. The number of ether oxygens (including phenoxy) is 4. The van der Waals surface area contributed by atoms with Gasteiger partial charge in [-0.05, 0) is 241 Å². The summed E-state index contributed by atoms with van der Waals surface area (Å²) >= 11 is 12.5. The lowest BCUT2D eigenvalue weighted by atomic mass is 9.72. The third kappa shape index (κ3) is 21.3. The molecule has 5 N–H and O–H groups in total. The zero-order valence-corrected chi connectivity index (χ0v) is 77.1. The van der Waals surface area contributed by atoms with Crippen LogP contribution in [0.4, 0.5) is 22.7 Å². The largest absolute Gasteiger partial charge is 0.493 e. The number of nitrogens with one attached hydrogen (secondary N) is 4. The number of fused-ring (bicyclic) bond motifs is 4. The van der Waals surface area contributed by atoms with Crippen molar-refractivity contribution in [3.05, 3.63) is 233 Å². The number of carbonyl (C=O) groups is 2. The monoisotopic (exact) mass is 1840 g/mol. The number of carbonyl (C=O) groups excluding carboxylic acids is 2. The highest BCUT2D eigenvalue weighted by Crippen LogP contribution is 2.49. The fraction of sp³-hybridized carbons (Fsp3) is 0.429. The number of likely N-dealkylation sites (tertiary alicyclic amines) is 1. The normalized spacial score (nSPS) is 21.0. The second kappa shape index (κ2) is 38.1. The van der Waals surface area contributed by atoms with E-state index in [2.05, 4.69) is 106 Å². The third-order valence-electron chi connectivity index (χ3n) is 27.4. The van der Waals surface area contributed by atoms with Crippen molar-refractivity contribution in [1.82, 2.24) is 44.1 Å². The van der Waals surface area contributed by atoms with Crippen molar-refractivity contribution in [1.29, 1.82) is 0 Å². The van der Waals surface area contributed by atoms with Gasteiger partial charge in [0.2, 0.25) is 0 Å². The molecule has 6 aromatic carbocycles. The molecule has 28 nitrogen and oxygen atoms in total. The van der Waals surface area contributed by atoms with E-state index in [0.29, 0.717) is 79.3 Å². The molecule has 10 aromatic rings. The van der Waals surface area contributed by atoms with E-state index in [-0.39, 0.29) is 80.7 Å². The average Bonchev–Trinajstić information content (AvgIpc) is 0.907. The molecular weight excluding hydrogens is 1730 g/mol. The molecule has 5 aliphatic heterocycles. The molecule has 4 fully saturated rings. The van der Waals surface area contributed by atoms with Gasteiger partial charge in [-0.1, -0.05) is 92.7 Å². The Balaban J connectivity index is 0.000000182. The lowest BCUT2D eigenvalue weighted by Gasteiger charge is -2.39. The molecule has 2 atom stereocenters. The van der Waals surface area contributed by atoms with E-state index >= 15 is 0 Å². The zero-order chi connectivity index (χ0) is 91.0. The number of piperidine rings is 1. The summed E-state index contributed by atoms with van der Waals surface area (Å²) in [4.78, 5) is 77.7. The minimum atomic E-state index is -4.64. The molecule has 32 heteroatoms. The minimum absolute atomic E-state index is 0.0149. The molecule has 1 saturated carbocycles. The molecule has 684 valence electrons. The van der Waals surface area contributed by atoms with Crippen LogP contribution in [0.5, 0.6) is 34.5 Å². The number of piperazine rings is 2. The smallest absolute Gasteiger partial charge is 0.277 e. The van der Waals surface area contributed by atoms with Gasteiger partial charge < -0.3 is 48.7 Å². The van der Waals surface area contributed by atoms with Crippen LogP contribution >= 0.6 is 23.2 Å². The van der Waals surface area contributed by atoms with Crippen LogP contribution in [0.15, 0.2) is 179 Å². The molecule has 9 heterocycles. The topological polar surface area (TPSA) is 343 Å². The second-order valence-electron chi connectivity index (χ2n) is 38.0. The standard InChI is InChI=1S/C49H56ClN7O7S.C49H55ClN6O8S/c1-49(2)15-12-36(43(29-49)34-6-8-37(50)9-7-34)31-55-20-22-56(23-21-55)38-10-11-41(46(26-38)64-39-25-35-13-16-51-47(35)52-30-39)48(58)53-65(61,62)40-27-44(57(59)60)42-24-33(32-63-45(42)28-40)14-19-54-17-4-3-5-18-54;1-48(2)14-10-34(42(27-48)32-4-6-36(50)7-5-32)29-54-18-20-55(21-19-54)37-8-9-40(45(24-37)64-38-22-33-13-17-51-46(33)52-28-38)47(57)53-65(61,62)39-25-43(56(59)60)41-23-35(30-63-44(41)26-39)31-11-15-49(3,58)16-12-31/h6-11,13,16,25-28,30,33H,3-5,12,14-15,17-24,29,31-32H2,1-2H3,(H,51,52)(H,53,58);4-9,13,17,22,24-26,28,31,35,58H,10-12,14-16,18-21,23,27,29-30H2,1-3H3,(H,51,52)(H,53,57)/t33-;31?,35-,49?/m00/s1. The SMILES string of the molecule is CC1(C)CCC(CN2CCN(c3ccc(C(=O)NS(=O)(=O)c4cc5c(c([N+](=O)[O-])c4)C[C@H](C4CCC(C)(O)CC4)CO5)c(Oc4cnc5[nH]ccc5c4)c3)CC2)=C(c2ccc(Cl)cc2)C1.CC1(C)CCC(CN2CCN(c3ccc(C(=O)NS(=O)(=O)c4cc5c(c([N+](=O)[O-])c4)C[C@H](CCN4CCCCC4)CO5)c(Oc4cnc5[nH]ccc5c4)c3)CC2)=C(c2ccc(Cl)cc2)C1. The number of nitrogens with zero attached hydrogens (tertiary/aromatic N) is 9. The Labute approximate surface area is 767 Å². The number of anilines is 2. The molecule has 2 amide bonds. The maximum Gasteiger partial charge on any atom is 0.277 e. The average molecular weight is 1850 g/mol. The summed E-state index contributed by atoms with van der Waals surface area (Å²) in [5, 5.41) is 38.3. The Morgan fingerprint density at radius 2 is 0.985 bits per heavy atom. The maximum absolute atomic E-state index is 14.1. The van der Waals surface area contributed by atoms with Crippen LogP contribution in [0.2, 0.25) is 10.0 Å². The van der Waals surface area contributed by atoms with Crippen LogP contribution < -0.4 is 38.2 Å². The number of hydrogen-bond donors (Lipinski definition) is 5. The first-order chi connectivity index (χ1) is 62.3. The Bertz CT molecular complexity index is 6250. The zero-order valence-electron chi connectivity index (χ0n) is 73.9. The summed E-state index contributed by atoms with van der Waals surface area (Å²) < 4.78 is 84.9. The number of pyridine rings is 2. The summed E-state index contributed by atoms with van der Waals surface area (Å²) in [5.74, 6) is -0.469. The Morgan fingerprint density at radius 1 is 0.538 bits per heavy atom. The quantitative estimate of drug-likeness (QED) is 0.0277. The van der Waals surface area contributed by atoms with Crippen molar-refractivity contribution < 1.29 is 60.3 Å². The number of aromatic amines is 2. The summed E-state index contributed by atoms with van der Waals surface area (Å²) in [5.41, 5.74) is 10.7. The first-order valence-electron chi connectivity index (χ1n) is 45.1. The summed E-state index contributed by atoms with van der Waals surface area (Å²) in [6.07, 6.45) is 20.9.